The summed E-state index contributed by atoms with van der Waals surface area (Å²) in [5, 5.41) is 3.21. The molecule has 0 radical (unpaired) electrons. The number of ketones is 2. The van der Waals surface area contributed by atoms with E-state index < -0.39 is 15.4 Å². The average molecular weight is 460 g/mol. The summed E-state index contributed by atoms with van der Waals surface area (Å²) in [5.74, 6) is -0.452. The third-order valence-corrected chi connectivity index (χ3v) is 8.52. The van der Waals surface area contributed by atoms with E-state index in [0.717, 1.165) is 20.7 Å². The molecule has 4 aliphatic rings. The largest absolute Gasteiger partial charge is 0.381 e. The van der Waals surface area contributed by atoms with Gasteiger partial charge in [-0.05, 0) is 49.6 Å². The fraction of sp³-hybridized carbons (Fsp3) is 0.240. The van der Waals surface area contributed by atoms with Gasteiger partial charge < -0.3 is 5.32 Å². The third kappa shape index (κ3) is 2.73. The zero-order chi connectivity index (χ0) is 23.0. The zero-order valence-corrected chi connectivity index (χ0v) is 18.8. The predicted octanol–water partition coefficient (Wildman–Crippen LogP) is 2.50. The normalized spacial score (nSPS) is 20.5. The standard InChI is InChI=1S/C25H21N3O4S/c1-15-2-4-18(5-3-15)33(31,32)28-14-16-8-12-26-21-19(16)23(28)24(30)22-20(21)25(11-13-27-22)9-6-17(29)7-10-25/h2-7,9-10,14,27H,8,11-13H2,1H3. The summed E-state index contributed by atoms with van der Waals surface area (Å²) in [6.45, 7) is 2.92. The monoisotopic (exact) mass is 459 g/mol. The highest BCUT2D eigenvalue weighted by Gasteiger charge is 2.47. The van der Waals surface area contributed by atoms with Crippen molar-refractivity contribution in [3.05, 3.63) is 88.4 Å². The molecule has 0 fully saturated rings. The van der Waals surface area contributed by atoms with Gasteiger partial charge in [0.2, 0.25) is 5.78 Å². The van der Waals surface area contributed by atoms with E-state index in [-0.39, 0.29) is 22.2 Å². The fourth-order valence-electron chi connectivity index (χ4n) is 5.18. The SMILES string of the molecule is Cc1ccc(S(=O)(=O)n2cc3c4c2C(=O)C2=C(C4=NCC3)C3(C=CC(=O)C=C3)CCN2)cc1. The van der Waals surface area contributed by atoms with Gasteiger partial charge in [0, 0.05) is 35.8 Å². The second kappa shape index (κ2) is 6.74. The van der Waals surface area contributed by atoms with Crippen LogP contribution in [0, 0.1) is 12.3 Å². The maximum absolute atomic E-state index is 13.8. The van der Waals surface area contributed by atoms with Gasteiger partial charge in [0.15, 0.2) is 5.78 Å². The lowest BCUT2D eigenvalue weighted by Gasteiger charge is -2.41. The number of rotatable bonds is 2. The number of benzene rings is 1. The van der Waals surface area contributed by atoms with Crippen molar-refractivity contribution in [2.24, 2.45) is 10.4 Å². The molecule has 2 aliphatic carbocycles. The van der Waals surface area contributed by atoms with Gasteiger partial charge >= 0.3 is 0 Å². The number of hydrogen-bond donors (Lipinski definition) is 1. The molecule has 0 atom stereocenters. The highest BCUT2D eigenvalue weighted by Crippen LogP contribution is 2.47. The zero-order valence-electron chi connectivity index (χ0n) is 18.0. The van der Waals surface area contributed by atoms with Crippen LogP contribution >= 0.6 is 0 Å². The van der Waals surface area contributed by atoms with Gasteiger partial charge in [-0.25, -0.2) is 12.4 Å². The molecule has 2 aromatic rings. The van der Waals surface area contributed by atoms with Gasteiger partial charge in [0.05, 0.1) is 16.3 Å². The summed E-state index contributed by atoms with van der Waals surface area (Å²) < 4.78 is 28.3. The molecule has 6 rings (SSSR count). The highest BCUT2D eigenvalue weighted by atomic mass is 32.2. The number of aromatic nitrogens is 1. The Morgan fingerprint density at radius 2 is 1.82 bits per heavy atom. The van der Waals surface area contributed by atoms with Crippen LogP contribution in [0.3, 0.4) is 0 Å². The first-order chi connectivity index (χ1) is 15.8. The quantitative estimate of drug-likeness (QED) is 0.744. The van der Waals surface area contributed by atoms with Gasteiger partial charge in [-0.2, -0.15) is 0 Å². The molecule has 0 saturated heterocycles. The summed E-state index contributed by atoms with van der Waals surface area (Å²) in [4.78, 5) is 30.5. The van der Waals surface area contributed by atoms with Crippen molar-refractivity contribution in [2.45, 2.75) is 24.7 Å². The topological polar surface area (TPSA) is 97.6 Å². The van der Waals surface area contributed by atoms with Gasteiger partial charge in [-0.15, -0.1) is 0 Å². The van der Waals surface area contributed by atoms with Crippen molar-refractivity contribution in [1.29, 1.82) is 0 Å². The molecule has 1 spiro atoms. The van der Waals surface area contributed by atoms with Crippen LogP contribution in [-0.4, -0.2) is 42.8 Å². The van der Waals surface area contributed by atoms with Gasteiger partial charge in [0.1, 0.15) is 5.69 Å². The molecule has 0 unspecified atom stereocenters. The Morgan fingerprint density at radius 3 is 2.55 bits per heavy atom. The smallest absolute Gasteiger partial charge is 0.268 e. The molecule has 33 heavy (non-hydrogen) atoms. The van der Waals surface area contributed by atoms with E-state index in [1.807, 2.05) is 19.1 Å². The maximum atomic E-state index is 13.8. The van der Waals surface area contributed by atoms with Crippen LogP contribution in [0.1, 0.15) is 33.6 Å². The van der Waals surface area contributed by atoms with Crippen molar-refractivity contribution >= 4 is 27.3 Å². The Kier molecular flexibility index (Phi) is 4.11. The minimum Gasteiger partial charge on any atom is -0.381 e. The number of nitrogens with one attached hydrogen (secondary N) is 1. The van der Waals surface area contributed by atoms with E-state index >= 15 is 0 Å². The lowest BCUT2D eigenvalue weighted by atomic mass is 9.66. The van der Waals surface area contributed by atoms with E-state index in [1.165, 1.54) is 12.2 Å². The number of allylic oxidation sites excluding steroid dienone is 6. The number of nitrogens with zero attached hydrogens (tertiary/aromatic N) is 2. The van der Waals surface area contributed by atoms with Crippen LogP contribution in [0.5, 0.6) is 0 Å². The number of aryl methyl sites for hydroxylation is 1. The molecule has 0 saturated carbocycles. The molecule has 2 aliphatic heterocycles. The highest BCUT2D eigenvalue weighted by molar-refractivity contribution is 7.90. The van der Waals surface area contributed by atoms with Crippen LogP contribution < -0.4 is 5.32 Å². The van der Waals surface area contributed by atoms with E-state index in [1.54, 1.807) is 30.5 Å². The lowest BCUT2D eigenvalue weighted by Crippen LogP contribution is -2.45. The number of carbonyl (C=O) groups is 2. The maximum Gasteiger partial charge on any atom is 0.268 e. The van der Waals surface area contributed by atoms with Crippen LogP contribution in [0.2, 0.25) is 0 Å². The number of aliphatic imine (C=N–C) groups is 1. The average Bonchev–Trinajstić information content (AvgIpc) is 3.21. The van der Waals surface area contributed by atoms with E-state index in [2.05, 4.69) is 5.32 Å². The molecule has 0 bridgehead atoms. The second-order valence-corrected chi connectivity index (χ2v) is 10.7. The Bertz CT molecular complexity index is 1470. The first kappa shape index (κ1) is 20.1. The first-order valence-electron chi connectivity index (χ1n) is 10.9. The van der Waals surface area contributed by atoms with Gasteiger partial charge in [-0.3, -0.25) is 14.6 Å². The summed E-state index contributed by atoms with van der Waals surface area (Å²) in [6, 6.07) is 6.61. The first-order valence-corrected chi connectivity index (χ1v) is 12.3. The molecule has 7 nitrogen and oxygen atoms in total. The summed E-state index contributed by atoms with van der Waals surface area (Å²) in [7, 11) is -3.98. The Morgan fingerprint density at radius 1 is 1.09 bits per heavy atom. The number of hydrogen-bond acceptors (Lipinski definition) is 6. The number of fused-ring (bicyclic) bond motifs is 2. The van der Waals surface area contributed by atoms with Gasteiger partial charge in [-0.1, -0.05) is 29.8 Å². The van der Waals surface area contributed by atoms with E-state index in [0.29, 0.717) is 42.9 Å². The van der Waals surface area contributed by atoms with Crippen molar-refractivity contribution in [3.63, 3.8) is 0 Å². The lowest BCUT2D eigenvalue weighted by molar-refractivity contribution is -0.110. The summed E-state index contributed by atoms with van der Waals surface area (Å²) >= 11 is 0. The number of carbonyl (C=O) groups excluding carboxylic acids is 2. The Hall–Kier alpha value is -3.52. The molecule has 1 aromatic heterocycles. The second-order valence-electron chi connectivity index (χ2n) is 8.84. The van der Waals surface area contributed by atoms with Crippen LogP contribution in [0.25, 0.3) is 0 Å². The number of Topliss-reactive ketones (excluding diaryl/α,β-unsaturated/α-hetero) is 1. The van der Waals surface area contributed by atoms with Gasteiger partial charge in [0.25, 0.3) is 10.0 Å². The molecule has 1 N–H and O–H groups in total. The fourth-order valence-corrected chi connectivity index (χ4v) is 6.57. The molecule has 3 heterocycles. The van der Waals surface area contributed by atoms with Crippen molar-refractivity contribution in [1.82, 2.24) is 9.29 Å². The molecular weight excluding hydrogens is 438 g/mol. The van der Waals surface area contributed by atoms with Crippen LogP contribution in [0.15, 0.2) is 75.9 Å². The Balaban J connectivity index is 1.59. The molecule has 0 amide bonds. The molecular formula is C25H21N3O4S. The molecule has 166 valence electrons. The van der Waals surface area contributed by atoms with Crippen LogP contribution in [-0.2, 0) is 21.2 Å². The Labute approximate surface area is 191 Å². The summed E-state index contributed by atoms with van der Waals surface area (Å²) in [6.07, 6.45) is 9.57. The minimum absolute atomic E-state index is 0.0919. The van der Waals surface area contributed by atoms with Crippen molar-refractivity contribution < 1.29 is 18.0 Å². The van der Waals surface area contributed by atoms with E-state index in [4.69, 9.17) is 4.99 Å². The van der Waals surface area contributed by atoms with E-state index in [9.17, 15) is 18.0 Å². The molecule has 8 heteroatoms. The van der Waals surface area contributed by atoms with Crippen molar-refractivity contribution in [3.8, 4) is 0 Å². The third-order valence-electron chi connectivity index (χ3n) is 6.84. The van der Waals surface area contributed by atoms with Crippen molar-refractivity contribution in [2.75, 3.05) is 13.1 Å². The van der Waals surface area contributed by atoms with Crippen LogP contribution in [0.4, 0.5) is 0 Å². The molecule has 1 aromatic carbocycles. The summed E-state index contributed by atoms with van der Waals surface area (Å²) in [5.41, 5.74) is 3.61. The minimum atomic E-state index is -3.98. The predicted molar refractivity (Wildman–Crippen MR) is 123 cm³/mol.